The number of piperazine rings is 1. The summed E-state index contributed by atoms with van der Waals surface area (Å²) in [7, 11) is 0. The SMILES string of the molecule is CCCCN1CC(C)NCC1c1ccccc1. The van der Waals surface area contributed by atoms with Crippen molar-refractivity contribution < 1.29 is 0 Å². The van der Waals surface area contributed by atoms with Gasteiger partial charge in [0.05, 0.1) is 0 Å². The third kappa shape index (κ3) is 3.30. The zero-order chi connectivity index (χ0) is 12.1. The van der Waals surface area contributed by atoms with E-state index in [1.165, 1.54) is 31.5 Å². The van der Waals surface area contributed by atoms with Crippen LogP contribution < -0.4 is 5.32 Å². The molecule has 17 heavy (non-hydrogen) atoms. The number of hydrogen-bond donors (Lipinski definition) is 1. The second-order valence-electron chi connectivity index (χ2n) is 5.08. The normalized spacial score (nSPS) is 26.0. The lowest BCUT2D eigenvalue weighted by Gasteiger charge is -2.39. The van der Waals surface area contributed by atoms with E-state index in [0.29, 0.717) is 12.1 Å². The van der Waals surface area contributed by atoms with Crippen LogP contribution in [-0.4, -0.2) is 30.6 Å². The minimum Gasteiger partial charge on any atom is -0.311 e. The molecule has 0 amide bonds. The molecule has 1 N–H and O–H groups in total. The van der Waals surface area contributed by atoms with Gasteiger partial charge >= 0.3 is 0 Å². The quantitative estimate of drug-likeness (QED) is 0.858. The van der Waals surface area contributed by atoms with E-state index in [1.807, 2.05) is 0 Å². The van der Waals surface area contributed by atoms with Crippen molar-refractivity contribution in [3.8, 4) is 0 Å². The van der Waals surface area contributed by atoms with Crippen molar-refractivity contribution in [2.24, 2.45) is 0 Å². The van der Waals surface area contributed by atoms with E-state index in [4.69, 9.17) is 0 Å². The van der Waals surface area contributed by atoms with Crippen molar-refractivity contribution in [2.45, 2.75) is 38.8 Å². The van der Waals surface area contributed by atoms with Crippen molar-refractivity contribution in [1.82, 2.24) is 10.2 Å². The third-order valence-electron chi connectivity index (χ3n) is 3.59. The summed E-state index contributed by atoms with van der Waals surface area (Å²) < 4.78 is 0. The van der Waals surface area contributed by atoms with E-state index in [-0.39, 0.29) is 0 Å². The summed E-state index contributed by atoms with van der Waals surface area (Å²) in [5.41, 5.74) is 1.45. The maximum atomic E-state index is 3.60. The van der Waals surface area contributed by atoms with Gasteiger partial charge in [0, 0.05) is 25.2 Å². The lowest BCUT2D eigenvalue weighted by Crippen LogP contribution is -2.51. The van der Waals surface area contributed by atoms with Gasteiger partial charge in [0.15, 0.2) is 0 Å². The topological polar surface area (TPSA) is 15.3 Å². The van der Waals surface area contributed by atoms with Crippen molar-refractivity contribution in [3.05, 3.63) is 35.9 Å². The fraction of sp³-hybridized carbons (Fsp3) is 0.600. The van der Waals surface area contributed by atoms with Crippen molar-refractivity contribution in [3.63, 3.8) is 0 Å². The summed E-state index contributed by atoms with van der Waals surface area (Å²) in [6, 6.07) is 12.1. The number of hydrogen-bond acceptors (Lipinski definition) is 2. The van der Waals surface area contributed by atoms with Gasteiger partial charge in [-0.3, -0.25) is 4.90 Å². The van der Waals surface area contributed by atoms with Crippen LogP contribution >= 0.6 is 0 Å². The predicted molar refractivity (Wildman–Crippen MR) is 73.1 cm³/mol. The van der Waals surface area contributed by atoms with Crippen LogP contribution in [0.2, 0.25) is 0 Å². The number of nitrogens with zero attached hydrogens (tertiary/aromatic N) is 1. The molecule has 1 aliphatic rings. The molecule has 94 valence electrons. The van der Waals surface area contributed by atoms with E-state index >= 15 is 0 Å². The molecule has 1 heterocycles. The van der Waals surface area contributed by atoms with Crippen LogP contribution in [0.25, 0.3) is 0 Å². The van der Waals surface area contributed by atoms with Gasteiger partial charge in [-0.1, -0.05) is 43.7 Å². The highest BCUT2D eigenvalue weighted by molar-refractivity contribution is 5.20. The third-order valence-corrected chi connectivity index (χ3v) is 3.59. The van der Waals surface area contributed by atoms with Crippen LogP contribution in [-0.2, 0) is 0 Å². The molecule has 1 fully saturated rings. The minimum atomic E-state index is 0.555. The van der Waals surface area contributed by atoms with Crippen molar-refractivity contribution in [1.29, 1.82) is 0 Å². The number of rotatable bonds is 4. The maximum Gasteiger partial charge on any atom is 0.0473 e. The van der Waals surface area contributed by atoms with E-state index < -0.39 is 0 Å². The molecule has 1 aromatic rings. The molecule has 0 aliphatic carbocycles. The van der Waals surface area contributed by atoms with Crippen LogP contribution in [0.5, 0.6) is 0 Å². The number of benzene rings is 1. The molecular weight excluding hydrogens is 208 g/mol. The molecule has 0 spiro atoms. The fourth-order valence-electron chi connectivity index (χ4n) is 2.60. The first-order valence-corrected chi connectivity index (χ1v) is 6.83. The van der Waals surface area contributed by atoms with Crippen LogP contribution in [0.3, 0.4) is 0 Å². The van der Waals surface area contributed by atoms with E-state index in [9.17, 15) is 0 Å². The van der Waals surface area contributed by atoms with E-state index in [2.05, 4.69) is 54.4 Å². The van der Waals surface area contributed by atoms with Crippen LogP contribution in [0, 0.1) is 0 Å². The monoisotopic (exact) mass is 232 g/mol. The van der Waals surface area contributed by atoms with Gasteiger partial charge in [0.1, 0.15) is 0 Å². The lowest BCUT2D eigenvalue weighted by atomic mass is 10.0. The smallest absolute Gasteiger partial charge is 0.0473 e. The zero-order valence-corrected chi connectivity index (χ0v) is 11.0. The van der Waals surface area contributed by atoms with Gasteiger partial charge in [0.2, 0.25) is 0 Å². The second-order valence-corrected chi connectivity index (χ2v) is 5.08. The summed E-state index contributed by atoms with van der Waals surface area (Å²) in [5.74, 6) is 0. The summed E-state index contributed by atoms with van der Waals surface area (Å²) in [6.45, 7) is 8.01. The summed E-state index contributed by atoms with van der Waals surface area (Å²) in [5, 5.41) is 3.60. The molecule has 2 nitrogen and oxygen atoms in total. The Kier molecular flexibility index (Phi) is 4.57. The first kappa shape index (κ1) is 12.6. The molecule has 0 saturated carbocycles. The molecule has 2 unspecified atom stereocenters. The first-order chi connectivity index (χ1) is 8.31. The molecule has 1 saturated heterocycles. The standard InChI is InChI=1S/C15H24N2/c1-3-4-10-17-12-13(2)16-11-15(17)14-8-6-5-7-9-14/h5-9,13,15-16H,3-4,10-12H2,1-2H3. The molecule has 2 atom stereocenters. The Labute approximate surface area is 105 Å². The maximum absolute atomic E-state index is 3.60. The highest BCUT2D eigenvalue weighted by Gasteiger charge is 2.26. The Hall–Kier alpha value is -0.860. The van der Waals surface area contributed by atoms with Crippen LogP contribution in [0.1, 0.15) is 38.3 Å². The predicted octanol–water partition coefficient (Wildman–Crippen LogP) is 2.82. The van der Waals surface area contributed by atoms with Gasteiger partial charge in [0.25, 0.3) is 0 Å². The molecule has 2 heteroatoms. The molecule has 0 aromatic heterocycles. The Morgan fingerprint density at radius 3 is 2.76 bits per heavy atom. The minimum absolute atomic E-state index is 0.555. The molecular formula is C15H24N2. The number of nitrogens with one attached hydrogen (secondary N) is 1. The van der Waals surface area contributed by atoms with Gasteiger partial charge in [-0.25, -0.2) is 0 Å². The first-order valence-electron chi connectivity index (χ1n) is 6.83. The summed E-state index contributed by atoms with van der Waals surface area (Å²) in [4.78, 5) is 2.64. The molecule has 0 bridgehead atoms. The van der Waals surface area contributed by atoms with Gasteiger partial charge in [-0.05, 0) is 25.5 Å². The highest BCUT2D eigenvalue weighted by atomic mass is 15.2. The number of unbranched alkanes of at least 4 members (excludes halogenated alkanes) is 1. The average molecular weight is 232 g/mol. The van der Waals surface area contributed by atoms with E-state index in [0.717, 1.165) is 6.54 Å². The largest absolute Gasteiger partial charge is 0.311 e. The van der Waals surface area contributed by atoms with E-state index in [1.54, 1.807) is 0 Å². The zero-order valence-electron chi connectivity index (χ0n) is 11.0. The van der Waals surface area contributed by atoms with Gasteiger partial charge in [-0.2, -0.15) is 0 Å². The van der Waals surface area contributed by atoms with Gasteiger partial charge < -0.3 is 5.32 Å². The van der Waals surface area contributed by atoms with Crippen LogP contribution in [0.15, 0.2) is 30.3 Å². The van der Waals surface area contributed by atoms with Crippen LogP contribution in [0.4, 0.5) is 0 Å². The summed E-state index contributed by atoms with van der Waals surface area (Å²) >= 11 is 0. The Morgan fingerprint density at radius 1 is 1.29 bits per heavy atom. The van der Waals surface area contributed by atoms with Crippen molar-refractivity contribution >= 4 is 0 Å². The Balaban J connectivity index is 2.07. The second kappa shape index (κ2) is 6.18. The molecule has 1 aliphatic heterocycles. The highest BCUT2D eigenvalue weighted by Crippen LogP contribution is 2.23. The fourth-order valence-corrected chi connectivity index (χ4v) is 2.60. The Morgan fingerprint density at radius 2 is 2.06 bits per heavy atom. The molecule has 1 aromatic carbocycles. The molecule has 2 rings (SSSR count). The Bertz CT molecular complexity index is 323. The lowest BCUT2D eigenvalue weighted by molar-refractivity contribution is 0.134. The molecule has 0 radical (unpaired) electrons. The van der Waals surface area contributed by atoms with Crippen molar-refractivity contribution in [2.75, 3.05) is 19.6 Å². The van der Waals surface area contributed by atoms with Gasteiger partial charge in [-0.15, -0.1) is 0 Å². The average Bonchev–Trinajstić information content (AvgIpc) is 2.37. The summed E-state index contributed by atoms with van der Waals surface area (Å²) in [6.07, 6.45) is 2.58.